The van der Waals surface area contributed by atoms with Crippen molar-refractivity contribution in [2.75, 3.05) is 0 Å². The van der Waals surface area contributed by atoms with Crippen LogP contribution in [0.1, 0.15) is 25.7 Å². The molecule has 4 heteroatoms. The first kappa shape index (κ1) is 9.47. The lowest BCUT2D eigenvalue weighted by Gasteiger charge is -2.41. The van der Waals surface area contributed by atoms with E-state index >= 15 is 0 Å². The Hall–Kier alpha value is 1.38. The topological polar surface area (TPSA) is 52.0 Å². The average molecular weight is 366 g/mol. The Morgan fingerprint density at radius 1 is 0.900 bits per heavy atom. The number of nitrogens with two attached hydrogens (primary N) is 2. The Bertz CT molecular complexity index is 118. The lowest BCUT2D eigenvalue weighted by Crippen LogP contribution is -2.59. The van der Waals surface area contributed by atoms with Crippen LogP contribution in [-0.2, 0) is 0 Å². The summed E-state index contributed by atoms with van der Waals surface area (Å²) >= 11 is 4.56. The van der Waals surface area contributed by atoms with Crippen LogP contribution in [0.25, 0.3) is 0 Å². The highest BCUT2D eigenvalue weighted by molar-refractivity contribution is 14.1. The van der Waals surface area contributed by atoms with Gasteiger partial charge in [-0.15, -0.1) is 0 Å². The van der Waals surface area contributed by atoms with Crippen molar-refractivity contribution in [2.45, 2.75) is 32.8 Å². The Kier molecular flexibility index (Phi) is 2.86. The molecule has 0 saturated heterocycles. The number of hydrogen-bond acceptors (Lipinski definition) is 2. The molecule has 0 aromatic carbocycles. The van der Waals surface area contributed by atoms with Gasteiger partial charge < -0.3 is 11.5 Å². The first-order valence-corrected chi connectivity index (χ1v) is 5.57. The molecule has 10 heavy (non-hydrogen) atoms. The van der Waals surface area contributed by atoms with Crippen molar-refractivity contribution < 1.29 is 0 Å². The van der Waals surface area contributed by atoms with Crippen molar-refractivity contribution in [1.82, 2.24) is 0 Å². The van der Waals surface area contributed by atoms with Crippen molar-refractivity contribution in [3.8, 4) is 0 Å². The summed E-state index contributed by atoms with van der Waals surface area (Å²) in [6.45, 7) is 0. The van der Waals surface area contributed by atoms with Crippen LogP contribution in [0.4, 0.5) is 0 Å². The molecule has 60 valence electrons. The van der Waals surface area contributed by atoms with Gasteiger partial charge in [-0.05, 0) is 12.8 Å². The Balaban J connectivity index is 2.70. The van der Waals surface area contributed by atoms with Crippen molar-refractivity contribution in [1.29, 1.82) is 0 Å². The van der Waals surface area contributed by atoms with Crippen molar-refractivity contribution in [3.05, 3.63) is 0 Å². The maximum absolute atomic E-state index is 6.01. The molecular formula is C6H12I2N2. The SMILES string of the molecule is N[C@]1(I)CCCC[C@]1(N)I. The minimum absolute atomic E-state index is 0.191. The molecule has 0 bridgehead atoms. The molecule has 1 fully saturated rings. The number of rotatable bonds is 0. The normalized spacial score (nSPS) is 49.2. The molecule has 1 aliphatic carbocycles. The molecule has 0 heterocycles. The molecule has 2 nitrogen and oxygen atoms in total. The maximum Gasteiger partial charge on any atom is 0.0955 e. The van der Waals surface area contributed by atoms with Gasteiger partial charge in [0.1, 0.15) is 0 Å². The third-order valence-electron chi connectivity index (χ3n) is 2.02. The molecule has 1 rings (SSSR count). The fraction of sp³-hybridized carbons (Fsp3) is 1.00. The second-order valence-electron chi connectivity index (χ2n) is 2.93. The summed E-state index contributed by atoms with van der Waals surface area (Å²) in [5.41, 5.74) is 12.0. The zero-order chi connectivity index (χ0) is 7.83. The molecule has 4 N–H and O–H groups in total. The molecule has 1 saturated carbocycles. The highest BCUT2D eigenvalue weighted by Gasteiger charge is 2.43. The van der Waals surface area contributed by atoms with Crippen LogP contribution in [0.15, 0.2) is 0 Å². The molecule has 0 unspecified atom stereocenters. The van der Waals surface area contributed by atoms with Gasteiger partial charge in [-0.3, -0.25) is 0 Å². The predicted molar refractivity (Wildman–Crippen MR) is 60.3 cm³/mol. The van der Waals surface area contributed by atoms with E-state index in [1.165, 1.54) is 12.8 Å². The summed E-state index contributed by atoms with van der Waals surface area (Å²) in [4.78, 5) is 0. The first-order valence-electron chi connectivity index (χ1n) is 3.41. The van der Waals surface area contributed by atoms with E-state index in [9.17, 15) is 0 Å². The van der Waals surface area contributed by atoms with E-state index in [2.05, 4.69) is 45.2 Å². The van der Waals surface area contributed by atoms with Gasteiger partial charge in [0.15, 0.2) is 0 Å². The zero-order valence-electron chi connectivity index (χ0n) is 5.74. The number of halogens is 2. The monoisotopic (exact) mass is 366 g/mol. The zero-order valence-corrected chi connectivity index (χ0v) is 10.1. The summed E-state index contributed by atoms with van der Waals surface area (Å²) in [5.74, 6) is 0. The van der Waals surface area contributed by atoms with Gasteiger partial charge in [-0.2, -0.15) is 0 Å². The molecular weight excluding hydrogens is 354 g/mol. The lowest BCUT2D eigenvalue weighted by molar-refractivity contribution is 0.354. The minimum atomic E-state index is -0.191. The Morgan fingerprint density at radius 3 is 1.40 bits per heavy atom. The van der Waals surface area contributed by atoms with E-state index in [1.807, 2.05) is 0 Å². The van der Waals surface area contributed by atoms with Gasteiger partial charge in [0.25, 0.3) is 0 Å². The van der Waals surface area contributed by atoms with Gasteiger partial charge >= 0.3 is 0 Å². The van der Waals surface area contributed by atoms with Gasteiger partial charge in [0.05, 0.1) is 7.09 Å². The molecule has 0 aromatic heterocycles. The fourth-order valence-electron chi connectivity index (χ4n) is 1.18. The fourth-order valence-corrected chi connectivity index (χ4v) is 2.48. The quantitative estimate of drug-likeness (QED) is 0.390. The highest BCUT2D eigenvalue weighted by atomic mass is 127. The van der Waals surface area contributed by atoms with Gasteiger partial charge in [0.2, 0.25) is 0 Å². The van der Waals surface area contributed by atoms with Crippen LogP contribution in [0.2, 0.25) is 0 Å². The smallest absolute Gasteiger partial charge is 0.0955 e. The Morgan fingerprint density at radius 2 is 1.20 bits per heavy atom. The first-order chi connectivity index (χ1) is 4.46. The van der Waals surface area contributed by atoms with Crippen molar-refractivity contribution >= 4 is 45.2 Å². The molecule has 0 aromatic rings. The molecule has 0 spiro atoms. The molecule has 0 aliphatic heterocycles. The van der Waals surface area contributed by atoms with E-state index < -0.39 is 0 Å². The predicted octanol–water partition coefficient (Wildman–Crippen LogP) is 1.74. The average Bonchev–Trinajstić information content (AvgIpc) is 1.77. The molecule has 0 amide bonds. The van der Waals surface area contributed by atoms with Crippen LogP contribution in [0.3, 0.4) is 0 Å². The summed E-state index contributed by atoms with van der Waals surface area (Å²) < 4.78 is -0.382. The lowest BCUT2D eigenvalue weighted by atomic mass is 9.92. The third-order valence-corrected chi connectivity index (χ3v) is 6.06. The summed E-state index contributed by atoms with van der Waals surface area (Å²) in [7, 11) is 0. The van der Waals surface area contributed by atoms with Crippen LogP contribution in [0.5, 0.6) is 0 Å². The molecule has 1 aliphatic rings. The largest absolute Gasteiger partial charge is 0.315 e. The minimum Gasteiger partial charge on any atom is -0.315 e. The standard InChI is InChI=1S/C6H12I2N2/c7-5(9)3-1-2-4-6(5,8)10/h1-4,9-10H2/t5-,6-/m1/s1. The van der Waals surface area contributed by atoms with E-state index in [1.54, 1.807) is 0 Å². The van der Waals surface area contributed by atoms with Crippen molar-refractivity contribution in [2.24, 2.45) is 11.5 Å². The van der Waals surface area contributed by atoms with Crippen molar-refractivity contribution in [3.63, 3.8) is 0 Å². The number of alkyl halides is 2. The molecule has 2 atom stereocenters. The second kappa shape index (κ2) is 3.02. The Labute approximate surface area is 88.8 Å². The van der Waals surface area contributed by atoms with Gasteiger partial charge in [-0.1, -0.05) is 58.0 Å². The summed E-state index contributed by atoms with van der Waals surface area (Å²) in [6, 6.07) is 0. The summed E-state index contributed by atoms with van der Waals surface area (Å²) in [5, 5.41) is 0. The van der Waals surface area contributed by atoms with Gasteiger partial charge in [0, 0.05) is 0 Å². The summed E-state index contributed by atoms with van der Waals surface area (Å²) in [6.07, 6.45) is 4.54. The van der Waals surface area contributed by atoms with Gasteiger partial charge in [-0.25, -0.2) is 0 Å². The van der Waals surface area contributed by atoms with E-state index in [-0.39, 0.29) is 7.09 Å². The third kappa shape index (κ3) is 1.75. The second-order valence-corrected chi connectivity index (χ2v) is 6.78. The highest BCUT2D eigenvalue weighted by Crippen LogP contribution is 2.42. The van der Waals surface area contributed by atoms with E-state index in [0.29, 0.717) is 0 Å². The van der Waals surface area contributed by atoms with Crippen LogP contribution in [-0.4, -0.2) is 7.09 Å². The molecule has 0 radical (unpaired) electrons. The van der Waals surface area contributed by atoms with Crippen LogP contribution in [0, 0.1) is 0 Å². The van der Waals surface area contributed by atoms with Crippen LogP contribution >= 0.6 is 45.2 Å². The van der Waals surface area contributed by atoms with E-state index in [0.717, 1.165) is 12.8 Å². The maximum atomic E-state index is 6.01. The number of hydrogen-bond donors (Lipinski definition) is 2. The van der Waals surface area contributed by atoms with Crippen LogP contribution < -0.4 is 11.5 Å². The van der Waals surface area contributed by atoms with E-state index in [4.69, 9.17) is 11.5 Å².